The fraction of sp³-hybridized carbons (Fsp3) is 0.385. The van der Waals surface area contributed by atoms with Crippen LogP contribution in [0.5, 0.6) is 5.75 Å². The van der Waals surface area contributed by atoms with E-state index in [-0.39, 0.29) is 18.3 Å². The van der Waals surface area contributed by atoms with Crippen molar-refractivity contribution in [2.45, 2.75) is 58.7 Å². The maximum absolute atomic E-state index is 12.9. The van der Waals surface area contributed by atoms with Crippen molar-refractivity contribution in [2.24, 2.45) is 0 Å². The number of nitrogens with zero attached hydrogens (tertiary/aromatic N) is 1. The summed E-state index contributed by atoms with van der Waals surface area (Å²) in [7, 11) is 0. The quantitative estimate of drug-likeness (QED) is 0.354. The van der Waals surface area contributed by atoms with Gasteiger partial charge in [-0.2, -0.15) is 13.2 Å². The molecule has 8 heteroatoms. The van der Waals surface area contributed by atoms with Crippen LogP contribution in [0.3, 0.4) is 0 Å². The molecule has 0 saturated carbocycles. The van der Waals surface area contributed by atoms with Gasteiger partial charge in [-0.15, -0.1) is 11.3 Å². The Hall–Kier alpha value is -2.71. The van der Waals surface area contributed by atoms with Crippen molar-refractivity contribution in [3.63, 3.8) is 0 Å². The number of ether oxygens (including phenoxy) is 1. The van der Waals surface area contributed by atoms with Crippen molar-refractivity contribution < 1.29 is 27.8 Å². The molecule has 0 radical (unpaired) electrons. The number of halogens is 3. The summed E-state index contributed by atoms with van der Waals surface area (Å²) in [5, 5.41) is 11.4. The summed E-state index contributed by atoms with van der Waals surface area (Å²) in [6, 6.07) is 10.4. The van der Waals surface area contributed by atoms with E-state index >= 15 is 0 Å². The van der Waals surface area contributed by atoms with E-state index < -0.39 is 17.8 Å². The van der Waals surface area contributed by atoms with Gasteiger partial charge in [-0.25, -0.2) is 4.98 Å². The van der Waals surface area contributed by atoms with Crippen LogP contribution in [0.1, 0.15) is 66.5 Å². The molecule has 0 aliphatic heterocycles. The summed E-state index contributed by atoms with van der Waals surface area (Å²) in [5.74, 6) is 0.688. The number of alkyl halides is 3. The topological polar surface area (TPSA) is 59.4 Å². The van der Waals surface area contributed by atoms with Crippen molar-refractivity contribution in [1.29, 1.82) is 0 Å². The normalized spacial score (nSPS) is 12.7. The maximum Gasteiger partial charge on any atom is 0.416 e. The lowest BCUT2D eigenvalue weighted by atomic mass is 10.00. The van der Waals surface area contributed by atoms with Gasteiger partial charge >= 0.3 is 6.18 Å². The SMILES string of the molecule is CC(=O)COc1ccc([C@H](O)CCc2sc(-c3ccc(C(F)(F)F)cc3)nc2C(C)C)cc1C. The Kier molecular flexibility index (Phi) is 8.15. The number of carbonyl (C=O) groups is 1. The average Bonchev–Trinajstić information content (AvgIpc) is 3.20. The Morgan fingerprint density at radius 2 is 1.82 bits per heavy atom. The van der Waals surface area contributed by atoms with Crippen LogP contribution in [0.15, 0.2) is 42.5 Å². The smallest absolute Gasteiger partial charge is 0.416 e. The van der Waals surface area contributed by atoms with E-state index in [0.717, 1.165) is 33.8 Å². The number of aromatic nitrogens is 1. The largest absolute Gasteiger partial charge is 0.486 e. The molecule has 1 aromatic heterocycles. The van der Waals surface area contributed by atoms with Crippen molar-refractivity contribution >= 4 is 17.1 Å². The fourth-order valence-corrected chi connectivity index (χ4v) is 4.81. The highest BCUT2D eigenvalue weighted by Crippen LogP contribution is 2.36. The molecule has 0 saturated heterocycles. The van der Waals surface area contributed by atoms with Crippen LogP contribution in [-0.2, 0) is 17.4 Å². The van der Waals surface area contributed by atoms with Gasteiger partial charge in [0.2, 0.25) is 0 Å². The molecule has 4 nitrogen and oxygen atoms in total. The minimum atomic E-state index is -4.37. The Labute approximate surface area is 201 Å². The van der Waals surface area contributed by atoms with E-state index in [9.17, 15) is 23.1 Å². The highest BCUT2D eigenvalue weighted by Gasteiger charge is 2.30. The Balaban J connectivity index is 1.73. The van der Waals surface area contributed by atoms with E-state index in [4.69, 9.17) is 9.72 Å². The number of benzene rings is 2. The maximum atomic E-state index is 12.9. The zero-order valence-electron chi connectivity index (χ0n) is 19.6. The standard InChI is InChI=1S/C26H28F3NO3S/c1-15(2)24-23(34-25(30-24)18-5-8-20(9-6-18)26(27,28)29)12-10-21(32)19-7-11-22(16(3)13-19)33-14-17(4)31/h5-9,11,13,15,21,32H,10,12,14H2,1-4H3/t21-/m1/s1. The lowest BCUT2D eigenvalue weighted by Gasteiger charge is -2.14. The molecule has 0 unspecified atom stereocenters. The molecule has 1 heterocycles. The van der Waals surface area contributed by atoms with E-state index in [1.807, 2.05) is 26.8 Å². The van der Waals surface area contributed by atoms with Crippen LogP contribution in [0.25, 0.3) is 10.6 Å². The van der Waals surface area contributed by atoms with Gasteiger partial charge in [-0.3, -0.25) is 4.79 Å². The molecule has 1 atom stereocenters. The first-order chi connectivity index (χ1) is 16.0. The highest BCUT2D eigenvalue weighted by atomic mass is 32.1. The molecular formula is C26H28F3NO3S. The number of aliphatic hydroxyl groups excluding tert-OH is 1. The second-order valence-corrected chi connectivity index (χ2v) is 9.71. The Morgan fingerprint density at radius 1 is 1.15 bits per heavy atom. The summed E-state index contributed by atoms with van der Waals surface area (Å²) < 4.78 is 44.1. The van der Waals surface area contributed by atoms with Crippen molar-refractivity contribution in [1.82, 2.24) is 4.98 Å². The van der Waals surface area contributed by atoms with Gasteiger partial charge in [0.05, 0.1) is 17.4 Å². The molecule has 0 spiro atoms. The van der Waals surface area contributed by atoms with E-state index in [1.165, 1.54) is 30.4 Å². The second-order valence-electron chi connectivity index (χ2n) is 8.63. The van der Waals surface area contributed by atoms with Crippen LogP contribution in [0.2, 0.25) is 0 Å². The summed E-state index contributed by atoms with van der Waals surface area (Å²) >= 11 is 1.45. The number of Topliss-reactive ketones (excluding diaryl/α,β-unsaturated/α-hetero) is 1. The monoisotopic (exact) mass is 491 g/mol. The number of aliphatic hydroxyl groups is 1. The molecule has 182 valence electrons. The van der Waals surface area contributed by atoms with Crippen molar-refractivity contribution in [2.75, 3.05) is 6.61 Å². The van der Waals surface area contributed by atoms with Gasteiger partial charge in [-0.05, 0) is 68.0 Å². The zero-order chi connectivity index (χ0) is 25.0. The number of ketones is 1. The first-order valence-electron chi connectivity index (χ1n) is 11.0. The minimum absolute atomic E-state index is 0.00730. The van der Waals surface area contributed by atoms with Gasteiger partial charge in [0.1, 0.15) is 17.4 Å². The third-order valence-electron chi connectivity index (χ3n) is 5.39. The highest BCUT2D eigenvalue weighted by molar-refractivity contribution is 7.15. The van der Waals surface area contributed by atoms with Crippen molar-refractivity contribution in [3.05, 3.63) is 69.7 Å². The predicted octanol–water partition coefficient (Wildman–Crippen LogP) is 6.89. The molecule has 0 aliphatic carbocycles. The molecule has 3 aromatic rings. The molecule has 0 amide bonds. The van der Waals surface area contributed by atoms with Crippen LogP contribution < -0.4 is 4.74 Å². The molecule has 0 bridgehead atoms. The molecule has 0 fully saturated rings. The number of hydrogen-bond donors (Lipinski definition) is 1. The molecule has 1 N–H and O–H groups in total. The minimum Gasteiger partial charge on any atom is -0.486 e. The van der Waals surface area contributed by atoms with E-state index in [2.05, 4.69) is 0 Å². The fourth-order valence-electron chi connectivity index (χ4n) is 3.57. The van der Waals surface area contributed by atoms with Crippen molar-refractivity contribution in [3.8, 4) is 16.3 Å². The first-order valence-corrected chi connectivity index (χ1v) is 11.9. The van der Waals surface area contributed by atoms with Gasteiger partial charge in [-0.1, -0.05) is 32.0 Å². The number of aryl methyl sites for hydroxylation is 2. The summed E-state index contributed by atoms with van der Waals surface area (Å²) in [6.45, 7) is 7.38. The molecule has 3 rings (SSSR count). The van der Waals surface area contributed by atoms with Gasteiger partial charge in [0.15, 0.2) is 5.78 Å². The molecule has 0 aliphatic rings. The Bertz CT molecular complexity index is 1140. The Morgan fingerprint density at radius 3 is 2.38 bits per heavy atom. The van der Waals surface area contributed by atoms with Crippen LogP contribution >= 0.6 is 11.3 Å². The molecule has 34 heavy (non-hydrogen) atoms. The van der Waals surface area contributed by atoms with Crippen LogP contribution in [-0.4, -0.2) is 22.5 Å². The zero-order valence-corrected chi connectivity index (χ0v) is 20.4. The number of hydrogen-bond acceptors (Lipinski definition) is 5. The first kappa shape index (κ1) is 25.9. The molecular weight excluding hydrogens is 463 g/mol. The lowest BCUT2D eigenvalue weighted by Crippen LogP contribution is -2.08. The van der Waals surface area contributed by atoms with Gasteiger partial charge in [0, 0.05) is 10.4 Å². The van der Waals surface area contributed by atoms with Gasteiger partial charge in [0.25, 0.3) is 0 Å². The van der Waals surface area contributed by atoms with Crippen LogP contribution in [0.4, 0.5) is 13.2 Å². The number of rotatable bonds is 9. The van der Waals surface area contributed by atoms with Gasteiger partial charge < -0.3 is 9.84 Å². The number of carbonyl (C=O) groups excluding carboxylic acids is 1. The lowest BCUT2D eigenvalue weighted by molar-refractivity contribution is -0.137. The average molecular weight is 492 g/mol. The third-order valence-corrected chi connectivity index (χ3v) is 6.57. The summed E-state index contributed by atoms with van der Waals surface area (Å²) in [4.78, 5) is 16.8. The number of thiazole rings is 1. The molecule has 2 aromatic carbocycles. The third kappa shape index (κ3) is 6.45. The van der Waals surface area contributed by atoms with E-state index in [0.29, 0.717) is 29.2 Å². The van der Waals surface area contributed by atoms with Crippen LogP contribution in [0, 0.1) is 6.92 Å². The summed E-state index contributed by atoms with van der Waals surface area (Å²) in [6.07, 6.45) is -4.00. The second kappa shape index (κ2) is 10.7. The summed E-state index contributed by atoms with van der Waals surface area (Å²) in [5.41, 5.74) is 2.45. The van der Waals surface area contributed by atoms with E-state index in [1.54, 1.807) is 12.1 Å². The predicted molar refractivity (Wildman–Crippen MR) is 127 cm³/mol.